The number of unbranched alkanes of at least 4 members (excludes halogenated alkanes) is 7. The fourth-order valence-electron chi connectivity index (χ4n) is 2.49. The standard InChI is InChI=1S/C21H26N4O/c1-2-3-4-5-6-7-8-9-14-26-20-12-10-19(11-13-20)25-21(17-24)18(15-22)16-23/h10-13,25H,2-9,14H2,1H3. The Labute approximate surface area is 156 Å². The van der Waals surface area contributed by atoms with Crippen LogP contribution in [0.3, 0.4) is 0 Å². The van der Waals surface area contributed by atoms with E-state index in [0.717, 1.165) is 12.2 Å². The molecule has 1 aromatic rings. The Balaban J connectivity index is 2.31. The van der Waals surface area contributed by atoms with Crippen molar-refractivity contribution in [2.75, 3.05) is 11.9 Å². The second-order valence-corrected chi connectivity index (χ2v) is 6.06. The van der Waals surface area contributed by atoms with Crippen molar-refractivity contribution in [2.45, 2.75) is 58.3 Å². The summed E-state index contributed by atoms with van der Waals surface area (Å²) in [7, 11) is 0. The first-order valence-corrected chi connectivity index (χ1v) is 9.19. The maximum Gasteiger partial charge on any atom is 0.163 e. The monoisotopic (exact) mass is 350 g/mol. The van der Waals surface area contributed by atoms with Crippen LogP contribution in [-0.4, -0.2) is 6.61 Å². The molecule has 0 amide bonds. The summed E-state index contributed by atoms with van der Waals surface area (Å²) in [6.45, 7) is 2.92. The molecule has 0 atom stereocenters. The Morgan fingerprint density at radius 2 is 1.42 bits per heavy atom. The quantitative estimate of drug-likeness (QED) is 0.400. The lowest BCUT2D eigenvalue weighted by Crippen LogP contribution is -2.01. The summed E-state index contributed by atoms with van der Waals surface area (Å²) in [6.07, 6.45) is 10.1. The van der Waals surface area contributed by atoms with E-state index in [1.807, 2.05) is 6.07 Å². The predicted molar refractivity (Wildman–Crippen MR) is 102 cm³/mol. The molecule has 5 heteroatoms. The summed E-state index contributed by atoms with van der Waals surface area (Å²) >= 11 is 0. The molecule has 5 nitrogen and oxygen atoms in total. The van der Waals surface area contributed by atoms with Gasteiger partial charge in [0.25, 0.3) is 0 Å². The van der Waals surface area contributed by atoms with Crippen LogP contribution in [0.5, 0.6) is 5.75 Å². The van der Waals surface area contributed by atoms with E-state index in [-0.39, 0.29) is 11.3 Å². The highest BCUT2D eigenvalue weighted by molar-refractivity contribution is 5.58. The molecular weight excluding hydrogens is 324 g/mol. The van der Waals surface area contributed by atoms with Gasteiger partial charge in [-0.05, 0) is 30.7 Å². The Hall–Kier alpha value is -2.97. The van der Waals surface area contributed by atoms with Crippen LogP contribution in [0.25, 0.3) is 0 Å². The summed E-state index contributed by atoms with van der Waals surface area (Å²) in [5.74, 6) is 0.766. The van der Waals surface area contributed by atoms with Gasteiger partial charge in [-0.3, -0.25) is 0 Å². The van der Waals surface area contributed by atoms with Gasteiger partial charge in [0, 0.05) is 5.69 Å². The van der Waals surface area contributed by atoms with Crippen molar-refractivity contribution in [3.8, 4) is 24.0 Å². The molecule has 136 valence electrons. The summed E-state index contributed by atoms with van der Waals surface area (Å²) in [5, 5.41) is 29.4. The van der Waals surface area contributed by atoms with Gasteiger partial charge in [-0.2, -0.15) is 15.8 Å². The summed E-state index contributed by atoms with van der Waals surface area (Å²) in [4.78, 5) is 0. The first-order chi connectivity index (χ1) is 12.7. The fourth-order valence-corrected chi connectivity index (χ4v) is 2.49. The van der Waals surface area contributed by atoms with Crippen LogP contribution in [0, 0.1) is 34.0 Å². The van der Waals surface area contributed by atoms with Crippen LogP contribution in [0.1, 0.15) is 58.3 Å². The lowest BCUT2D eigenvalue weighted by molar-refractivity contribution is 0.304. The third kappa shape index (κ3) is 8.22. The van der Waals surface area contributed by atoms with Crippen molar-refractivity contribution in [1.29, 1.82) is 15.8 Å². The number of benzene rings is 1. The van der Waals surface area contributed by atoms with Crippen molar-refractivity contribution < 1.29 is 4.74 Å². The molecule has 0 radical (unpaired) electrons. The van der Waals surface area contributed by atoms with Gasteiger partial charge in [-0.25, -0.2) is 0 Å². The normalized spacial score (nSPS) is 9.46. The first kappa shape index (κ1) is 21.1. The van der Waals surface area contributed by atoms with Crippen molar-refractivity contribution in [1.82, 2.24) is 0 Å². The molecule has 0 aliphatic carbocycles. The number of hydrogen-bond acceptors (Lipinski definition) is 5. The van der Waals surface area contributed by atoms with Gasteiger partial charge in [-0.15, -0.1) is 0 Å². The number of hydrogen-bond donors (Lipinski definition) is 1. The van der Waals surface area contributed by atoms with Crippen LogP contribution < -0.4 is 10.1 Å². The zero-order valence-electron chi connectivity index (χ0n) is 15.4. The smallest absolute Gasteiger partial charge is 0.163 e. The fraction of sp³-hybridized carbons (Fsp3) is 0.476. The van der Waals surface area contributed by atoms with Gasteiger partial charge in [-0.1, -0.05) is 51.9 Å². The highest BCUT2D eigenvalue weighted by atomic mass is 16.5. The SMILES string of the molecule is CCCCCCCCCCOc1ccc(NC(C#N)=C(C#N)C#N)cc1. The second kappa shape index (κ2) is 13.3. The average molecular weight is 350 g/mol. The molecule has 0 aliphatic heterocycles. The van der Waals surface area contributed by atoms with Crippen LogP contribution >= 0.6 is 0 Å². The largest absolute Gasteiger partial charge is 0.494 e. The topological polar surface area (TPSA) is 92.6 Å². The minimum absolute atomic E-state index is 0.0531. The molecule has 1 N–H and O–H groups in total. The van der Waals surface area contributed by atoms with Crippen molar-refractivity contribution in [3.05, 3.63) is 35.5 Å². The van der Waals surface area contributed by atoms with Crippen molar-refractivity contribution in [3.63, 3.8) is 0 Å². The van der Waals surface area contributed by atoms with E-state index < -0.39 is 0 Å². The van der Waals surface area contributed by atoms with E-state index in [1.165, 1.54) is 44.9 Å². The number of anilines is 1. The Kier molecular flexibility index (Phi) is 10.8. The number of allylic oxidation sites excluding steroid dienone is 2. The van der Waals surface area contributed by atoms with E-state index in [4.69, 9.17) is 20.5 Å². The number of nitrogens with one attached hydrogen (secondary N) is 1. The van der Waals surface area contributed by atoms with Crippen LogP contribution in [0.4, 0.5) is 5.69 Å². The highest BCUT2D eigenvalue weighted by Gasteiger charge is 2.06. The Morgan fingerprint density at radius 3 is 1.96 bits per heavy atom. The zero-order chi connectivity index (χ0) is 19.0. The lowest BCUT2D eigenvalue weighted by Gasteiger charge is -2.08. The zero-order valence-corrected chi connectivity index (χ0v) is 15.4. The summed E-state index contributed by atoms with van der Waals surface area (Å²) in [6, 6.07) is 12.4. The second-order valence-electron chi connectivity index (χ2n) is 6.06. The van der Waals surface area contributed by atoms with E-state index in [1.54, 1.807) is 36.4 Å². The molecule has 0 aliphatic rings. The molecule has 0 unspecified atom stereocenters. The van der Waals surface area contributed by atoms with Gasteiger partial charge < -0.3 is 10.1 Å². The minimum Gasteiger partial charge on any atom is -0.494 e. The number of nitriles is 3. The molecule has 1 aromatic carbocycles. The van der Waals surface area contributed by atoms with Gasteiger partial charge in [0.1, 0.15) is 29.7 Å². The lowest BCUT2D eigenvalue weighted by atomic mass is 10.1. The number of nitrogens with zero attached hydrogens (tertiary/aromatic N) is 3. The van der Waals surface area contributed by atoms with Crippen molar-refractivity contribution >= 4 is 5.69 Å². The maximum atomic E-state index is 9.02. The van der Waals surface area contributed by atoms with Gasteiger partial charge in [0.05, 0.1) is 6.61 Å². The Bertz CT molecular complexity index is 671. The molecular formula is C21H26N4O. The average Bonchev–Trinajstić information content (AvgIpc) is 2.68. The molecule has 0 saturated heterocycles. The molecule has 26 heavy (non-hydrogen) atoms. The molecule has 0 heterocycles. The van der Waals surface area contributed by atoms with E-state index in [0.29, 0.717) is 12.3 Å². The van der Waals surface area contributed by atoms with Crippen LogP contribution in [0.15, 0.2) is 35.5 Å². The molecule has 0 bridgehead atoms. The predicted octanol–water partition coefficient (Wildman–Crippen LogP) is 5.44. The van der Waals surface area contributed by atoms with Gasteiger partial charge >= 0.3 is 0 Å². The summed E-state index contributed by atoms with van der Waals surface area (Å²) in [5.41, 5.74) is 0.342. The van der Waals surface area contributed by atoms with Gasteiger partial charge in [0.15, 0.2) is 5.57 Å². The molecule has 0 spiro atoms. The van der Waals surface area contributed by atoms with Crippen LogP contribution in [0.2, 0.25) is 0 Å². The third-order valence-corrected chi connectivity index (χ3v) is 3.98. The van der Waals surface area contributed by atoms with E-state index in [9.17, 15) is 0 Å². The van der Waals surface area contributed by atoms with E-state index >= 15 is 0 Å². The van der Waals surface area contributed by atoms with Gasteiger partial charge in [0.2, 0.25) is 0 Å². The number of ether oxygens (including phenoxy) is 1. The van der Waals surface area contributed by atoms with Crippen molar-refractivity contribution in [2.24, 2.45) is 0 Å². The first-order valence-electron chi connectivity index (χ1n) is 9.19. The van der Waals surface area contributed by atoms with Crippen LogP contribution in [-0.2, 0) is 0 Å². The maximum absolute atomic E-state index is 9.02. The Morgan fingerprint density at radius 1 is 0.846 bits per heavy atom. The molecule has 0 aromatic heterocycles. The van der Waals surface area contributed by atoms with E-state index in [2.05, 4.69) is 12.2 Å². The minimum atomic E-state index is -0.234. The molecule has 0 saturated carbocycles. The summed E-state index contributed by atoms with van der Waals surface area (Å²) < 4.78 is 5.72. The highest BCUT2D eigenvalue weighted by Crippen LogP contribution is 2.18. The molecule has 1 rings (SSSR count). The third-order valence-electron chi connectivity index (χ3n) is 3.98. The number of rotatable bonds is 12. The molecule has 0 fully saturated rings.